The van der Waals surface area contributed by atoms with Gasteiger partial charge in [0.2, 0.25) is 17.6 Å². The van der Waals surface area contributed by atoms with E-state index in [0.29, 0.717) is 30.4 Å². The number of benzene rings is 1. The molecule has 1 aromatic carbocycles. The summed E-state index contributed by atoms with van der Waals surface area (Å²) < 4.78 is 10.8. The molecule has 2 heterocycles. The maximum atomic E-state index is 12.1. The molecule has 0 spiro atoms. The summed E-state index contributed by atoms with van der Waals surface area (Å²) in [5.41, 5.74) is 1.93. The lowest BCUT2D eigenvalue weighted by Crippen LogP contribution is -2.21. The maximum Gasteiger partial charge on any atom is 0.239 e. The highest BCUT2D eigenvalue weighted by atomic mass is 16.5. The largest absolute Gasteiger partial charge is 0.496 e. The third-order valence-corrected chi connectivity index (χ3v) is 4.47. The fourth-order valence-corrected chi connectivity index (χ4v) is 2.89. The van der Waals surface area contributed by atoms with Gasteiger partial charge >= 0.3 is 0 Å². The number of ether oxygens (including phenoxy) is 1. The Morgan fingerprint density at radius 1 is 1.33 bits per heavy atom. The molecule has 0 aliphatic carbocycles. The molecule has 2 aromatic rings. The highest BCUT2D eigenvalue weighted by Gasteiger charge is 2.35. The first-order valence-corrected chi connectivity index (χ1v) is 8.08. The molecule has 1 fully saturated rings. The minimum Gasteiger partial charge on any atom is -0.496 e. The molecular weight excluding hydrogens is 306 g/mol. The Morgan fingerprint density at radius 2 is 2.08 bits per heavy atom. The van der Waals surface area contributed by atoms with E-state index in [9.17, 15) is 4.79 Å². The van der Waals surface area contributed by atoms with E-state index in [1.54, 1.807) is 19.1 Å². The standard InChI is InChI=1S/C18H23N3O3/c1-18(2,3)11-6-7-14(23-5)13(10-11)15-19-16(24-20-15)12-8-9-21(4)17(12)22/h6-7,10,12H,8-9H2,1-5H3. The van der Waals surface area contributed by atoms with Crippen LogP contribution in [-0.4, -0.2) is 41.6 Å². The van der Waals surface area contributed by atoms with E-state index >= 15 is 0 Å². The summed E-state index contributed by atoms with van der Waals surface area (Å²) in [6, 6.07) is 5.98. The molecule has 0 saturated carbocycles. The van der Waals surface area contributed by atoms with Crippen molar-refractivity contribution in [1.29, 1.82) is 0 Å². The van der Waals surface area contributed by atoms with Crippen LogP contribution in [0.2, 0.25) is 0 Å². The van der Waals surface area contributed by atoms with Crippen molar-refractivity contribution >= 4 is 5.91 Å². The number of likely N-dealkylation sites (N-methyl/N-ethyl adjacent to an activating group) is 1. The lowest BCUT2D eigenvalue weighted by atomic mass is 9.86. The molecule has 1 aliphatic heterocycles. The molecule has 24 heavy (non-hydrogen) atoms. The quantitative estimate of drug-likeness (QED) is 0.866. The van der Waals surface area contributed by atoms with Crippen LogP contribution in [0.3, 0.4) is 0 Å². The molecule has 1 aromatic heterocycles. The van der Waals surface area contributed by atoms with Gasteiger partial charge in [-0.2, -0.15) is 4.98 Å². The Morgan fingerprint density at radius 3 is 2.67 bits per heavy atom. The summed E-state index contributed by atoms with van der Waals surface area (Å²) in [5.74, 6) is 1.21. The Bertz CT molecular complexity index is 761. The monoisotopic (exact) mass is 329 g/mol. The molecular formula is C18H23N3O3. The van der Waals surface area contributed by atoms with Crippen LogP contribution in [0, 0.1) is 0 Å². The number of hydrogen-bond acceptors (Lipinski definition) is 5. The second-order valence-electron chi connectivity index (χ2n) is 7.22. The summed E-state index contributed by atoms with van der Waals surface area (Å²) in [5, 5.41) is 4.09. The van der Waals surface area contributed by atoms with Gasteiger partial charge in [-0.1, -0.05) is 32.0 Å². The molecule has 3 rings (SSSR count). The number of carbonyl (C=O) groups is 1. The number of nitrogens with zero attached hydrogens (tertiary/aromatic N) is 3. The van der Waals surface area contributed by atoms with Gasteiger partial charge in [0.15, 0.2) is 0 Å². The van der Waals surface area contributed by atoms with Crippen molar-refractivity contribution in [1.82, 2.24) is 15.0 Å². The second-order valence-corrected chi connectivity index (χ2v) is 7.22. The minimum absolute atomic E-state index is 0.00226. The number of likely N-dealkylation sites (tertiary alicyclic amines) is 1. The summed E-state index contributed by atoms with van der Waals surface area (Å²) in [6.45, 7) is 7.15. The zero-order valence-corrected chi connectivity index (χ0v) is 14.8. The van der Waals surface area contributed by atoms with Gasteiger partial charge < -0.3 is 14.2 Å². The number of amides is 1. The lowest BCUT2D eigenvalue weighted by molar-refractivity contribution is -0.128. The summed E-state index contributed by atoms with van der Waals surface area (Å²) in [7, 11) is 3.40. The Kier molecular flexibility index (Phi) is 4.07. The predicted octanol–water partition coefficient (Wildman–Crippen LogP) is 2.99. The molecule has 1 aliphatic rings. The van der Waals surface area contributed by atoms with Crippen LogP contribution in [0.15, 0.2) is 22.7 Å². The average molecular weight is 329 g/mol. The first-order chi connectivity index (χ1) is 11.3. The molecule has 0 N–H and O–H groups in total. The van der Waals surface area contributed by atoms with Crippen molar-refractivity contribution in [2.45, 2.75) is 38.5 Å². The van der Waals surface area contributed by atoms with E-state index in [1.165, 1.54) is 0 Å². The number of aromatic nitrogens is 2. The van der Waals surface area contributed by atoms with E-state index in [-0.39, 0.29) is 17.2 Å². The normalized spacial score (nSPS) is 18.3. The number of carbonyl (C=O) groups excluding carboxylic acids is 1. The fourth-order valence-electron chi connectivity index (χ4n) is 2.89. The third kappa shape index (κ3) is 2.88. The van der Waals surface area contributed by atoms with Gasteiger partial charge in [0.05, 0.1) is 12.7 Å². The highest BCUT2D eigenvalue weighted by Crippen LogP contribution is 2.35. The molecule has 0 bridgehead atoms. The van der Waals surface area contributed by atoms with Gasteiger partial charge in [-0.15, -0.1) is 0 Å². The minimum atomic E-state index is -0.340. The molecule has 1 unspecified atom stereocenters. The predicted molar refractivity (Wildman–Crippen MR) is 90.0 cm³/mol. The van der Waals surface area contributed by atoms with Crippen LogP contribution < -0.4 is 4.74 Å². The summed E-state index contributed by atoms with van der Waals surface area (Å²) in [6.07, 6.45) is 0.704. The Hall–Kier alpha value is -2.37. The van der Waals surface area contributed by atoms with Crippen LogP contribution in [-0.2, 0) is 10.2 Å². The Labute approximate surface area is 141 Å². The molecule has 128 valence electrons. The van der Waals surface area contributed by atoms with Crippen molar-refractivity contribution < 1.29 is 14.1 Å². The van der Waals surface area contributed by atoms with Crippen LogP contribution in [0.5, 0.6) is 5.75 Å². The molecule has 1 atom stereocenters. The SMILES string of the molecule is COc1ccc(C(C)(C)C)cc1-c1noc(C2CCN(C)C2=O)n1. The summed E-state index contributed by atoms with van der Waals surface area (Å²) in [4.78, 5) is 18.3. The van der Waals surface area contributed by atoms with Gasteiger partial charge in [-0.05, 0) is 29.5 Å². The fraction of sp³-hybridized carbons (Fsp3) is 0.500. The highest BCUT2D eigenvalue weighted by molar-refractivity contribution is 5.84. The van der Waals surface area contributed by atoms with Gasteiger partial charge in [0, 0.05) is 13.6 Å². The van der Waals surface area contributed by atoms with Gasteiger partial charge in [-0.25, -0.2) is 0 Å². The maximum absolute atomic E-state index is 12.1. The van der Waals surface area contributed by atoms with Crippen LogP contribution in [0.4, 0.5) is 0 Å². The van der Waals surface area contributed by atoms with Crippen LogP contribution in [0.25, 0.3) is 11.4 Å². The number of rotatable bonds is 3. The first-order valence-electron chi connectivity index (χ1n) is 8.08. The van der Waals surface area contributed by atoms with Gasteiger partial charge in [-0.3, -0.25) is 4.79 Å². The van der Waals surface area contributed by atoms with E-state index in [4.69, 9.17) is 9.26 Å². The van der Waals surface area contributed by atoms with Crippen LogP contribution in [0.1, 0.15) is 44.6 Å². The van der Waals surface area contributed by atoms with E-state index in [0.717, 1.165) is 11.1 Å². The molecule has 6 nitrogen and oxygen atoms in total. The number of hydrogen-bond donors (Lipinski definition) is 0. The van der Waals surface area contributed by atoms with Crippen molar-refractivity contribution in [3.8, 4) is 17.1 Å². The van der Waals surface area contributed by atoms with Gasteiger partial charge in [0.25, 0.3) is 0 Å². The smallest absolute Gasteiger partial charge is 0.239 e. The molecule has 6 heteroatoms. The number of methoxy groups -OCH3 is 1. The topological polar surface area (TPSA) is 68.5 Å². The zero-order valence-electron chi connectivity index (χ0n) is 14.8. The molecule has 1 amide bonds. The molecule has 1 saturated heterocycles. The van der Waals surface area contributed by atoms with E-state index in [1.807, 2.05) is 18.2 Å². The Balaban J connectivity index is 1.99. The molecule has 0 radical (unpaired) electrons. The first kappa shape index (κ1) is 16.5. The summed E-state index contributed by atoms with van der Waals surface area (Å²) >= 11 is 0. The van der Waals surface area contributed by atoms with Crippen molar-refractivity contribution in [3.63, 3.8) is 0 Å². The second kappa shape index (κ2) is 5.92. The van der Waals surface area contributed by atoms with Crippen molar-refractivity contribution in [2.24, 2.45) is 0 Å². The van der Waals surface area contributed by atoms with Crippen LogP contribution >= 0.6 is 0 Å². The van der Waals surface area contributed by atoms with E-state index < -0.39 is 0 Å². The van der Waals surface area contributed by atoms with Crippen molar-refractivity contribution in [2.75, 3.05) is 20.7 Å². The van der Waals surface area contributed by atoms with Gasteiger partial charge in [0.1, 0.15) is 11.7 Å². The van der Waals surface area contributed by atoms with Crippen molar-refractivity contribution in [3.05, 3.63) is 29.7 Å². The lowest BCUT2D eigenvalue weighted by Gasteiger charge is -2.20. The third-order valence-electron chi connectivity index (χ3n) is 4.47. The van der Waals surface area contributed by atoms with E-state index in [2.05, 4.69) is 30.9 Å². The average Bonchev–Trinajstić information content (AvgIpc) is 3.14. The zero-order chi connectivity index (χ0) is 17.5.